The van der Waals surface area contributed by atoms with Crippen molar-refractivity contribution in [2.75, 3.05) is 139 Å². The number of hydrogen-bond acceptors (Lipinski definition) is 21. The number of thioether (sulfide) groups is 3. The fourth-order valence-electron chi connectivity index (χ4n) is 10.1. The second kappa shape index (κ2) is 38.9. The van der Waals surface area contributed by atoms with Crippen LogP contribution in [0.5, 0.6) is 0 Å². The molecule has 15 amide bonds. The molecule has 90 heavy (non-hydrogen) atoms. The standard InChI is InChI=1S/C53H83N17O17S3/c54-35-29-88-16-7-48(81)67-10-1-32(2-11-67)70-33-3-12-68(13-4-33)49(82)8-17-89-30-36(65-46(79)27-61-42(75)23-57-38(71)19-55-40(73)21-59-44(77)25-63-51(35)84)52(85)64-26-45(78)60-22-41(74)56-20-39(72)58-24-43(76)62-28-47(80)66-37(53(86)87)31-90-18-9-50(83)69-14-5-34(70)6-15-69/h32-37H,1-31,54H2,(H,55,73)(H,56,74)(H,57,71)(H,58,72)(H,59,77)(H,60,78)(H,61,75)(H,62,76)(H,63,84)(H,64,85)(H,65,79)(H,66,80)(H,86,87)/t35-,36-,37-/m0/s1. The van der Waals surface area contributed by atoms with Gasteiger partial charge in [0.25, 0.3) is 0 Å². The van der Waals surface area contributed by atoms with E-state index in [1.165, 1.54) is 11.8 Å². The fourth-order valence-corrected chi connectivity index (χ4v) is 12.9. The van der Waals surface area contributed by atoms with Gasteiger partial charge in [-0.2, -0.15) is 35.3 Å². The zero-order chi connectivity index (χ0) is 65.5. The number of amides is 15. The van der Waals surface area contributed by atoms with Crippen molar-refractivity contribution in [2.45, 2.75) is 94.0 Å². The first kappa shape index (κ1) is 73.2. The molecule has 9 aliphatic heterocycles. The van der Waals surface area contributed by atoms with Crippen molar-refractivity contribution in [1.29, 1.82) is 0 Å². The van der Waals surface area contributed by atoms with Crippen LogP contribution in [-0.4, -0.2) is 295 Å². The molecule has 9 aliphatic rings. The Morgan fingerprint density at radius 2 is 0.644 bits per heavy atom. The third-order valence-corrected chi connectivity index (χ3v) is 18.2. The summed E-state index contributed by atoms with van der Waals surface area (Å²) in [7, 11) is 0. The Bertz CT molecular complexity index is 2600. The molecule has 34 nitrogen and oxygen atoms in total. The second-order valence-corrected chi connectivity index (χ2v) is 25.0. The summed E-state index contributed by atoms with van der Waals surface area (Å²) < 4.78 is 0. The van der Waals surface area contributed by atoms with Crippen LogP contribution in [-0.2, 0) is 76.7 Å². The van der Waals surface area contributed by atoms with E-state index >= 15 is 0 Å². The molecule has 0 radical (unpaired) electrons. The molecular weight excluding hydrogens is 1240 g/mol. The number of piperidine rings is 3. The van der Waals surface area contributed by atoms with Crippen molar-refractivity contribution in [3.8, 4) is 0 Å². The first-order valence-electron chi connectivity index (χ1n) is 29.6. The molecule has 0 aliphatic carbocycles. The Labute approximate surface area is 531 Å². The van der Waals surface area contributed by atoms with Gasteiger partial charge in [0.2, 0.25) is 88.6 Å². The van der Waals surface area contributed by atoms with E-state index in [2.05, 4.69) is 68.7 Å². The minimum Gasteiger partial charge on any atom is -0.480 e. The zero-order valence-corrected chi connectivity index (χ0v) is 52.4. The van der Waals surface area contributed by atoms with Gasteiger partial charge in [0, 0.05) is 111 Å². The SMILES string of the molecule is N[C@H]1CSCCC(=O)N2CCC(CC2)N2C3CCN(CC3)C(=O)CCSC[C@@H](C(=O)O)NC(=O)CNC(=O)CNC(=O)CNC(=O)CNC(=O)CNC(=O)[C@H](CSCCC(=O)N3CCC2CC3)NC(=O)CNC(=O)CNC(=O)CNC(=O)CNC(=O)CNC1=O. The van der Waals surface area contributed by atoms with Crippen molar-refractivity contribution < 1.29 is 81.8 Å². The van der Waals surface area contributed by atoms with E-state index in [0.717, 1.165) is 23.5 Å². The molecule has 0 spiro atoms. The smallest absolute Gasteiger partial charge is 0.327 e. The van der Waals surface area contributed by atoms with Crippen LogP contribution < -0.4 is 69.5 Å². The molecule has 9 heterocycles. The Morgan fingerprint density at radius 3 is 0.978 bits per heavy atom. The number of fused-ring (bicyclic) bond motifs is 2. The van der Waals surface area contributed by atoms with Crippen LogP contribution in [0.1, 0.15) is 57.8 Å². The van der Waals surface area contributed by atoms with Gasteiger partial charge in [0.1, 0.15) is 12.1 Å². The predicted octanol–water partition coefficient (Wildman–Crippen LogP) is -8.80. The van der Waals surface area contributed by atoms with Gasteiger partial charge in [0.05, 0.1) is 71.5 Å². The molecule has 9 rings (SSSR count). The van der Waals surface area contributed by atoms with Crippen LogP contribution in [0.3, 0.4) is 0 Å². The number of carbonyl (C=O) groups is 16. The molecule has 37 heteroatoms. The van der Waals surface area contributed by atoms with Crippen molar-refractivity contribution >= 4 is 130 Å². The van der Waals surface area contributed by atoms with Gasteiger partial charge in [0.15, 0.2) is 0 Å². The maximum Gasteiger partial charge on any atom is 0.327 e. The number of nitrogens with zero attached hydrogens (tertiary/aromatic N) is 4. The maximum absolute atomic E-state index is 13.8. The first-order chi connectivity index (χ1) is 43.0. The molecule has 0 aromatic rings. The number of carbonyl (C=O) groups excluding carboxylic acids is 15. The lowest BCUT2D eigenvalue weighted by Crippen LogP contribution is -2.59. The van der Waals surface area contributed by atoms with Gasteiger partial charge >= 0.3 is 5.97 Å². The van der Waals surface area contributed by atoms with Crippen molar-refractivity contribution in [3.05, 3.63) is 0 Å². The fraction of sp³-hybridized carbons (Fsp3) is 0.698. The number of nitrogens with two attached hydrogens (primary N) is 1. The second-order valence-electron chi connectivity index (χ2n) is 21.6. The summed E-state index contributed by atoms with van der Waals surface area (Å²) in [6.07, 6.45) is 4.35. The summed E-state index contributed by atoms with van der Waals surface area (Å²) in [5.41, 5.74) is 6.07. The minimum absolute atomic E-state index is 0.0526. The van der Waals surface area contributed by atoms with E-state index in [-0.39, 0.29) is 83.9 Å². The van der Waals surface area contributed by atoms with Crippen molar-refractivity contribution in [1.82, 2.24) is 83.4 Å². The van der Waals surface area contributed by atoms with Gasteiger partial charge in [-0.15, -0.1) is 0 Å². The minimum atomic E-state index is -1.35. The Kier molecular flexibility index (Phi) is 31.7. The van der Waals surface area contributed by atoms with Gasteiger partial charge in [-0.05, 0) is 38.5 Å². The first-order valence-corrected chi connectivity index (χ1v) is 33.1. The molecule has 1 unspecified atom stereocenters. The monoisotopic (exact) mass is 1330 g/mol. The number of rotatable bonds is 1. The summed E-state index contributed by atoms with van der Waals surface area (Å²) in [6, 6.07) is -3.47. The molecule has 0 aromatic heterocycles. The maximum atomic E-state index is 13.8. The number of carboxylic acids is 1. The molecule has 500 valence electrons. The van der Waals surface area contributed by atoms with Crippen molar-refractivity contribution in [2.24, 2.45) is 5.73 Å². The number of carboxylic acid groups (broad SMARTS) is 1. The quantitative estimate of drug-likeness (QED) is 0.116. The van der Waals surface area contributed by atoms with Gasteiger partial charge in [-0.25, -0.2) is 4.79 Å². The number of hydrogen-bond donors (Lipinski definition) is 14. The summed E-state index contributed by atoms with van der Waals surface area (Å²) in [6.45, 7) is -3.37. The van der Waals surface area contributed by atoms with Crippen LogP contribution in [0.4, 0.5) is 0 Å². The van der Waals surface area contributed by atoms with E-state index in [0.29, 0.717) is 83.5 Å². The largest absolute Gasteiger partial charge is 0.480 e. The van der Waals surface area contributed by atoms with Gasteiger partial charge in [-0.3, -0.25) is 76.8 Å². The topological polar surface area (TPSA) is 477 Å². The van der Waals surface area contributed by atoms with Crippen LogP contribution in [0.15, 0.2) is 0 Å². The van der Waals surface area contributed by atoms with E-state index in [1.54, 1.807) is 9.80 Å². The summed E-state index contributed by atoms with van der Waals surface area (Å²) in [5, 5.41) is 37.5. The highest BCUT2D eigenvalue weighted by atomic mass is 32.2. The highest BCUT2D eigenvalue weighted by Gasteiger charge is 2.39. The lowest BCUT2D eigenvalue weighted by atomic mass is 9.90. The van der Waals surface area contributed by atoms with E-state index in [4.69, 9.17) is 5.73 Å². The molecular formula is C53H83N17O17S3. The molecule has 4 atom stereocenters. The number of nitrogens with one attached hydrogen (secondary N) is 12. The lowest BCUT2D eigenvalue weighted by Gasteiger charge is -2.50. The number of aliphatic carboxylic acids is 1. The molecule has 0 saturated carbocycles. The van der Waals surface area contributed by atoms with Gasteiger partial charge in [-0.1, -0.05) is 0 Å². The zero-order valence-electron chi connectivity index (χ0n) is 50.0. The molecule has 9 fully saturated rings. The highest BCUT2D eigenvalue weighted by molar-refractivity contribution is 7.99. The average molecular weight is 1330 g/mol. The van der Waals surface area contributed by atoms with Crippen LogP contribution in [0.2, 0.25) is 0 Å². The van der Waals surface area contributed by atoms with Crippen molar-refractivity contribution in [3.63, 3.8) is 0 Å². The molecule has 0 aromatic carbocycles. The van der Waals surface area contributed by atoms with Crippen LogP contribution >= 0.6 is 35.3 Å². The average Bonchev–Trinajstić information content (AvgIpc) is 1.41. The molecule has 15 N–H and O–H groups in total. The highest BCUT2D eigenvalue weighted by Crippen LogP contribution is 2.32. The third kappa shape index (κ3) is 26.9. The van der Waals surface area contributed by atoms with Crippen LogP contribution in [0.25, 0.3) is 0 Å². The normalized spacial score (nSPS) is 27.4. The summed E-state index contributed by atoms with van der Waals surface area (Å²) in [4.78, 5) is 212. The van der Waals surface area contributed by atoms with E-state index < -0.39 is 160 Å². The van der Waals surface area contributed by atoms with Gasteiger partial charge < -0.3 is 89.3 Å². The lowest BCUT2D eigenvalue weighted by molar-refractivity contribution is -0.141. The predicted molar refractivity (Wildman–Crippen MR) is 326 cm³/mol. The Hall–Kier alpha value is -7.51. The molecule has 8 bridgehead atoms. The van der Waals surface area contributed by atoms with Crippen LogP contribution in [0, 0.1) is 0 Å². The Morgan fingerprint density at radius 1 is 0.367 bits per heavy atom. The van der Waals surface area contributed by atoms with E-state index in [9.17, 15) is 81.8 Å². The third-order valence-electron chi connectivity index (χ3n) is 15.0. The Balaban J connectivity index is 1.30. The van der Waals surface area contributed by atoms with E-state index in [1.807, 2.05) is 4.90 Å². The summed E-state index contributed by atoms with van der Waals surface area (Å²) in [5.74, 6) is -10.4. The summed E-state index contributed by atoms with van der Waals surface area (Å²) >= 11 is 3.63. The molecule has 9 saturated heterocycles.